The van der Waals surface area contributed by atoms with Crippen LogP contribution in [0.4, 0.5) is 0 Å². The van der Waals surface area contributed by atoms with E-state index in [1.165, 1.54) is 31.0 Å². The topological polar surface area (TPSA) is 9.23 Å². The fourth-order valence-corrected chi connectivity index (χ4v) is 2.46. The van der Waals surface area contributed by atoms with E-state index >= 15 is 0 Å². The molecule has 2 unspecified atom stereocenters. The maximum Gasteiger partial charge on any atom is 0.0538 e. The largest absolute Gasteiger partial charge is 0.357 e. The predicted molar refractivity (Wildman–Crippen MR) is 73.6 cm³/mol. The minimum absolute atomic E-state index is 0.505. The van der Waals surface area contributed by atoms with Crippen LogP contribution < -0.4 is 5.30 Å². The lowest BCUT2D eigenvalue weighted by molar-refractivity contribution is 0.262. The molecule has 0 saturated carbocycles. The van der Waals surface area contributed by atoms with Crippen LogP contribution >= 0.6 is 8.81 Å². The standard InChI is InChI=1S/C14H23OP/c1-3-5-9-13(4-2)12-15-16-14-10-7-6-8-11-14/h6-8,10-11,13,16H,3-5,9,12H2,1-2H3. The Morgan fingerprint density at radius 3 is 2.56 bits per heavy atom. The molecule has 0 N–H and O–H groups in total. The van der Waals surface area contributed by atoms with Crippen LogP contribution in [0.3, 0.4) is 0 Å². The van der Waals surface area contributed by atoms with Gasteiger partial charge in [-0.25, -0.2) is 0 Å². The van der Waals surface area contributed by atoms with Gasteiger partial charge in [-0.1, -0.05) is 63.4 Å². The van der Waals surface area contributed by atoms with E-state index in [1.54, 1.807) is 0 Å². The van der Waals surface area contributed by atoms with Crippen molar-refractivity contribution in [2.45, 2.75) is 39.5 Å². The Bertz CT molecular complexity index is 261. The molecule has 0 aliphatic heterocycles. The van der Waals surface area contributed by atoms with Crippen molar-refractivity contribution in [1.82, 2.24) is 0 Å². The fraction of sp³-hybridized carbons (Fsp3) is 0.571. The summed E-state index contributed by atoms with van der Waals surface area (Å²) in [6, 6.07) is 10.4. The number of hydrogen-bond donors (Lipinski definition) is 0. The molecule has 1 aromatic carbocycles. The number of unbranched alkanes of at least 4 members (excludes halogenated alkanes) is 1. The molecule has 0 aromatic heterocycles. The summed E-state index contributed by atoms with van der Waals surface area (Å²) in [6.07, 6.45) is 5.17. The smallest absolute Gasteiger partial charge is 0.0538 e. The zero-order valence-corrected chi connectivity index (χ0v) is 11.4. The van der Waals surface area contributed by atoms with E-state index in [1.807, 2.05) is 6.07 Å². The molecule has 0 aliphatic rings. The van der Waals surface area contributed by atoms with Crippen molar-refractivity contribution in [3.63, 3.8) is 0 Å². The molecular weight excluding hydrogens is 215 g/mol. The van der Waals surface area contributed by atoms with E-state index in [0.717, 1.165) is 12.5 Å². The summed E-state index contributed by atoms with van der Waals surface area (Å²) in [7, 11) is 0.505. The molecule has 0 heterocycles. The summed E-state index contributed by atoms with van der Waals surface area (Å²) >= 11 is 0. The molecule has 1 nitrogen and oxygen atoms in total. The van der Waals surface area contributed by atoms with Gasteiger partial charge in [0, 0.05) is 8.81 Å². The summed E-state index contributed by atoms with van der Waals surface area (Å²) < 4.78 is 5.80. The number of rotatable bonds is 8. The van der Waals surface area contributed by atoms with E-state index < -0.39 is 0 Å². The van der Waals surface area contributed by atoms with E-state index in [-0.39, 0.29) is 0 Å². The van der Waals surface area contributed by atoms with Crippen LogP contribution in [0.15, 0.2) is 30.3 Å². The molecule has 0 aliphatic carbocycles. The summed E-state index contributed by atoms with van der Waals surface area (Å²) in [5, 5.41) is 1.30. The number of hydrogen-bond acceptors (Lipinski definition) is 1. The van der Waals surface area contributed by atoms with E-state index in [9.17, 15) is 0 Å². The number of benzene rings is 1. The molecule has 0 bridgehead atoms. The van der Waals surface area contributed by atoms with Gasteiger partial charge in [0.05, 0.1) is 6.61 Å². The highest BCUT2D eigenvalue weighted by molar-refractivity contribution is 7.41. The summed E-state index contributed by atoms with van der Waals surface area (Å²) in [5.41, 5.74) is 0. The molecule has 2 heteroatoms. The van der Waals surface area contributed by atoms with Gasteiger partial charge in [-0.3, -0.25) is 0 Å². The monoisotopic (exact) mass is 238 g/mol. The fourth-order valence-electron chi connectivity index (χ4n) is 1.65. The van der Waals surface area contributed by atoms with E-state index in [0.29, 0.717) is 8.81 Å². The van der Waals surface area contributed by atoms with Crippen LogP contribution in [-0.2, 0) is 4.52 Å². The Morgan fingerprint density at radius 2 is 1.94 bits per heavy atom. The minimum Gasteiger partial charge on any atom is -0.357 e. The van der Waals surface area contributed by atoms with Gasteiger partial charge in [0.15, 0.2) is 0 Å². The third-order valence-electron chi connectivity index (χ3n) is 2.83. The van der Waals surface area contributed by atoms with Gasteiger partial charge in [-0.15, -0.1) is 0 Å². The summed E-state index contributed by atoms with van der Waals surface area (Å²) in [6.45, 7) is 5.43. The molecule has 0 amide bonds. The van der Waals surface area contributed by atoms with Crippen molar-refractivity contribution in [2.75, 3.05) is 6.61 Å². The van der Waals surface area contributed by atoms with Gasteiger partial charge in [0.2, 0.25) is 0 Å². The Hall–Kier alpha value is -0.390. The molecule has 0 fully saturated rings. The van der Waals surface area contributed by atoms with Crippen LogP contribution in [0, 0.1) is 5.92 Å². The summed E-state index contributed by atoms with van der Waals surface area (Å²) in [5.74, 6) is 0.746. The highest BCUT2D eigenvalue weighted by Crippen LogP contribution is 2.18. The molecule has 1 aromatic rings. The van der Waals surface area contributed by atoms with Crippen molar-refractivity contribution < 1.29 is 4.52 Å². The van der Waals surface area contributed by atoms with Crippen molar-refractivity contribution in [3.8, 4) is 0 Å². The van der Waals surface area contributed by atoms with Crippen molar-refractivity contribution in [2.24, 2.45) is 5.92 Å². The zero-order valence-electron chi connectivity index (χ0n) is 10.4. The Kier molecular flexibility index (Phi) is 7.46. The SMILES string of the molecule is CCCCC(CC)COPc1ccccc1. The van der Waals surface area contributed by atoms with Crippen molar-refractivity contribution in [1.29, 1.82) is 0 Å². The quantitative estimate of drug-likeness (QED) is 0.618. The highest BCUT2D eigenvalue weighted by Gasteiger charge is 2.05. The second-order valence-electron chi connectivity index (χ2n) is 4.20. The van der Waals surface area contributed by atoms with Crippen molar-refractivity contribution in [3.05, 3.63) is 30.3 Å². The van der Waals surface area contributed by atoms with Crippen LogP contribution in [-0.4, -0.2) is 6.61 Å². The minimum atomic E-state index is 0.505. The average Bonchev–Trinajstić information content (AvgIpc) is 2.35. The van der Waals surface area contributed by atoms with Gasteiger partial charge in [-0.2, -0.15) is 0 Å². The highest BCUT2D eigenvalue weighted by atomic mass is 31.1. The lowest BCUT2D eigenvalue weighted by atomic mass is 10.0. The second kappa shape index (κ2) is 8.73. The van der Waals surface area contributed by atoms with Gasteiger partial charge >= 0.3 is 0 Å². The Morgan fingerprint density at radius 1 is 1.19 bits per heavy atom. The van der Waals surface area contributed by atoms with Gasteiger partial charge in [0.25, 0.3) is 0 Å². The van der Waals surface area contributed by atoms with Gasteiger partial charge in [-0.05, 0) is 17.6 Å². The van der Waals surface area contributed by atoms with Crippen LogP contribution in [0.1, 0.15) is 39.5 Å². The Labute approximate surface area is 101 Å². The first-order chi connectivity index (χ1) is 7.86. The summed E-state index contributed by atoms with van der Waals surface area (Å²) in [4.78, 5) is 0. The van der Waals surface area contributed by atoms with Crippen molar-refractivity contribution >= 4 is 14.1 Å². The molecule has 0 saturated heterocycles. The van der Waals surface area contributed by atoms with Crippen LogP contribution in [0.2, 0.25) is 0 Å². The maximum absolute atomic E-state index is 5.80. The van der Waals surface area contributed by atoms with Gasteiger partial charge < -0.3 is 4.52 Å². The molecule has 0 radical (unpaired) electrons. The lowest BCUT2D eigenvalue weighted by Gasteiger charge is -2.14. The normalized spacial score (nSPS) is 13.4. The second-order valence-corrected chi connectivity index (χ2v) is 5.27. The molecule has 0 spiro atoms. The molecule has 1 rings (SSSR count). The Balaban J connectivity index is 2.18. The van der Waals surface area contributed by atoms with E-state index in [2.05, 4.69) is 38.1 Å². The third-order valence-corrected chi connectivity index (χ3v) is 3.71. The molecular formula is C14H23OP. The predicted octanol–water partition coefficient (Wildman–Crippen LogP) is 4.14. The first-order valence-corrected chi connectivity index (χ1v) is 7.20. The first kappa shape index (κ1) is 13.7. The van der Waals surface area contributed by atoms with Crippen LogP contribution in [0.5, 0.6) is 0 Å². The van der Waals surface area contributed by atoms with E-state index in [4.69, 9.17) is 4.52 Å². The molecule has 16 heavy (non-hydrogen) atoms. The maximum atomic E-state index is 5.80. The first-order valence-electron chi connectivity index (χ1n) is 6.29. The molecule has 2 atom stereocenters. The van der Waals surface area contributed by atoms with Crippen LogP contribution in [0.25, 0.3) is 0 Å². The molecule has 90 valence electrons. The zero-order chi connectivity index (χ0) is 11.6. The van der Waals surface area contributed by atoms with Gasteiger partial charge in [0.1, 0.15) is 0 Å². The lowest BCUT2D eigenvalue weighted by Crippen LogP contribution is -2.07. The third kappa shape index (κ3) is 5.63. The average molecular weight is 238 g/mol.